The second-order valence-corrected chi connectivity index (χ2v) is 3.44. The van der Waals surface area contributed by atoms with Gasteiger partial charge in [-0.25, -0.2) is 4.98 Å². The van der Waals surface area contributed by atoms with Crippen LogP contribution in [0.15, 0.2) is 18.3 Å². The Morgan fingerprint density at radius 1 is 1.44 bits per heavy atom. The second kappa shape index (κ2) is 5.16. The van der Waals surface area contributed by atoms with Crippen LogP contribution in [0.25, 0.3) is 0 Å². The summed E-state index contributed by atoms with van der Waals surface area (Å²) < 4.78 is 37.9. The van der Waals surface area contributed by atoms with Gasteiger partial charge in [0, 0.05) is 19.8 Å². The van der Waals surface area contributed by atoms with E-state index < -0.39 is 11.7 Å². The van der Waals surface area contributed by atoms with Gasteiger partial charge >= 0.3 is 6.18 Å². The molecule has 1 aromatic heterocycles. The monoisotopic (exact) mass is 233 g/mol. The zero-order valence-electron chi connectivity index (χ0n) is 8.96. The molecule has 0 bridgehead atoms. The normalized spacial score (nSPS) is 11.6. The van der Waals surface area contributed by atoms with Crippen molar-refractivity contribution in [2.24, 2.45) is 5.73 Å². The van der Waals surface area contributed by atoms with Crippen molar-refractivity contribution in [3.63, 3.8) is 0 Å². The average molecular weight is 233 g/mol. The highest BCUT2D eigenvalue weighted by molar-refractivity contribution is 5.47. The summed E-state index contributed by atoms with van der Waals surface area (Å²) in [7, 11) is 1.58. The molecule has 2 N–H and O–H groups in total. The quantitative estimate of drug-likeness (QED) is 0.863. The number of alkyl halides is 3. The van der Waals surface area contributed by atoms with Gasteiger partial charge in [-0.3, -0.25) is 0 Å². The first-order valence-corrected chi connectivity index (χ1v) is 4.90. The maximum Gasteiger partial charge on any atom is 0.419 e. The van der Waals surface area contributed by atoms with Crippen LogP contribution in [0.5, 0.6) is 0 Å². The van der Waals surface area contributed by atoms with Gasteiger partial charge in [-0.1, -0.05) is 0 Å². The fraction of sp³-hybridized carbons (Fsp3) is 0.500. The summed E-state index contributed by atoms with van der Waals surface area (Å²) in [5, 5.41) is 0. The van der Waals surface area contributed by atoms with Gasteiger partial charge in [0.25, 0.3) is 0 Å². The van der Waals surface area contributed by atoms with Crippen molar-refractivity contribution in [2.45, 2.75) is 12.6 Å². The van der Waals surface area contributed by atoms with Crippen LogP contribution < -0.4 is 10.6 Å². The van der Waals surface area contributed by atoms with Crippen LogP contribution in [-0.2, 0) is 6.18 Å². The van der Waals surface area contributed by atoms with E-state index in [9.17, 15) is 13.2 Å². The SMILES string of the molecule is CN(CCCN)c1ncccc1C(F)(F)F. The van der Waals surface area contributed by atoms with Gasteiger partial charge in [0.2, 0.25) is 0 Å². The first-order valence-electron chi connectivity index (χ1n) is 4.90. The lowest BCUT2D eigenvalue weighted by Crippen LogP contribution is -2.25. The van der Waals surface area contributed by atoms with Crippen molar-refractivity contribution in [1.29, 1.82) is 0 Å². The summed E-state index contributed by atoms with van der Waals surface area (Å²) in [5.41, 5.74) is 4.60. The molecule has 0 atom stereocenters. The maximum absolute atomic E-state index is 12.6. The zero-order chi connectivity index (χ0) is 12.2. The second-order valence-electron chi connectivity index (χ2n) is 3.44. The molecule has 3 nitrogen and oxygen atoms in total. The molecule has 0 spiro atoms. The predicted molar refractivity (Wildman–Crippen MR) is 56.2 cm³/mol. The van der Waals surface area contributed by atoms with Crippen LogP contribution >= 0.6 is 0 Å². The molecule has 0 radical (unpaired) electrons. The molecular weight excluding hydrogens is 219 g/mol. The van der Waals surface area contributed by atoms with Crippen molar-refractivity contribution >= 4 is 5.82 Å². The summed E-state index contributed by atoms with van der Waals surface area (Å²) in [6.45, 7) is 0.898. The van der Waals surface area contributed by atoms with Gasteiger partial charge in [0.05, 0.1) is 5.56 Å². The molecule has 16 heavy (non-hydrogen) atoms. The average Bonchev–Trinajstić information content (AvgIpc) is 2.24. The van der Waals surface area contributed by atoms with Gasteiger partial charge in [-0.05, 0) is 25.1 Å². The van der Waals surface area contributed by atoms with Gasteiger partial charge in [-0.2, -0.15) is 13.2 Å². The van der Waals surface area contributed by atoms with Crippen LogP contribution in [0.2, 0.25) is 0 Å². The first kappa shape index (κ1) is 12.8. The van der Waals surface area contributed by atoms with E-state index in [2.05, 4.69) is 4.98 Å². The van der Waals surface area contributed by atoms with Crippen LogP contribution in [0.1, 0.15) is 12.0 Å². The zero-order valence-corrected chi connectivity index (χ0v) is 8.96. The van der Waals surface area contributed by atoms with Crippen molar-refractivity contribution in [3.8, 4) is 0 Å². The van der Waals surface area contributed by atoms with Crippen molar-refractivity contribution in [3.05, 3.63) is 23.9 Å². The molecule has 0 fully saturated rings. The van der Waals surface area contributed by atoms with Crippen LogP contribution in [0, 0.1) is 0 Å². The van der Waals surface area contributed by atoms with E-state index in [0.29, 0.717) is 19.5 Å². The lowest BCUT2D eigenvalue weighted by Gasteiger charge is -2.21. The lowest BCUT2D eigenvalue weighted by atomic mass is 10.2. The third-order valence-electron chi connectivity index (χ3n) is 2.15. The molecule has 1 rings (SSSR count). The van der Waals surface area contributed by atoms with E-state index in [4.69, 9.17) is 5.73 Å². The van der Waals surface area contributed by atoms with Gasteiger partial charge in [-0.15, -0.1) is 0 Å². The maximum atomic E-state index is 12.6. The number of rotatable bonds is 4. The molecule has 1 aromatic rings. The molecule has 0 aromatic carbocycles. The highest BCUT2D eigenvalue weighted by Gasteiger charge is 2.34. The third kappa shape index (κ3) is 3.10. The predicted octanol–water partition coefficient (Wildman–Crippen LogP) is 1.89. The highest BCUT2D eigenvalue weighted by Crippen LogP contribution is 2.34. The minimum absolute atomic E-state index is 0.0524. The van der Waals surface area contributed by atoms with Gasteiger partial charge < -0.3 is 10.6 Å². The number of hydrogen-bond donors (Lipinski definition) is 1. The van der Waals surface area contributed by atoms with Gasteiger partial charge in [0.1, 0.15) is 5.82 Å². The van der Waals surface area contributed by atoms with E-state index >= 15 is 0 Å². The van der Waals surface area contributed by atoms with Crippen molar-refractivity contribution in [2.75, 3.05) is 25.0 Å². The summed E-state index contributed by atoms with van der Waals surface area (Å²) in [5.74, 6) is -0.0524. The summed E-state index contributed by atoms with van der Waals surface area (Å²) in [6.07, 6.45) is -2.39. The van der Waals surface area contributed by atoms with Crippen LogP contribution in [0.4, 0.5) is 19.0 Å². The van der Waals surface area contributed by atoms with E-state index in [1.807, 2.05) is 0 Å². The summed E-state index contributed by atoms with van der Waals surface area (Å²) >= 11 is 0. The summed E-state index contributed by atoms with van der Waals surface area (Å²) in [6, 6.07) is 2.31. The lowest BCUT2D eigenvalue weighted by molar-refractivity contribution is -0.137. The van der Waals surface area contributed by atoms with E-state index in [0.717, 1.165) is 6.07 Å². The first-order chi connectivity index (χ1) is 7.46. The van der Waals surface area contributed by atoms with E-state index in [-0.39, 0.29) is 5.82 Å². The molecule has 0 aliphatic heterocycles. The number of aromatic nitrogens is 1. The smallest absolute Gasteiger partial charge is 0.359 e. The van der Waals surface area contributed by atoms with Gasteiger partial charge in [0.15, 0.2) is 0 Å². The molecule has 0 amide bonds. The molecule has 6 heteroatoms. The number of pyridine rings is 1. The number of nitrogens with two attached hydrogens (primary N) is 1. The molecular formula is C10H14F3N3. The van der Waals surface area contributed by atoms with Crippen LogP contribution in [0.3, 0.4) is 0 Å². The topological polar surface area (TPSA) is 42.1 Å². The molecule has 0 aliphatic rings. The third-order valence-corrected chi connectivity index (χ3v) is 2.15. The van der Waals surface area contributed by atoms with Crippen molar-refractivity contribution < 1.29 is 13.2 Å². The minimum Gasteiger partial charge on any atom is -0.359 e. The minimum atomic E-state index is -4.37. The van der Waals surface area contributed by atoms with E-state index in [1.165, 1.54) is 17.2 Å². The molecule has 0 saturated heterocycles. The number of halogens is 3. The molecule has 1 heterocycles. The molecule has 0 unspecified atom stereocenters. The van der Waals surface area contributed by atoms with Crippen molar-refractivity contribution in [1.82, 2.24) is 4.98 Å². The molecule has 0 aliphatic carbocycles. The molecule has 90 valence electrons. The Morgan fingerprint density at radius 3 is 2.69 bits per heavy atom. The number of hydrogen-bond acceptors (Lipinski definition) is 3. The number of nitrogens with zero attached hydrogens (tertiary/aromatic N) is 2. The Labute approximate surface area is 92.1 Å². The summed E-state index contributed by atoms with van der Waals surface area (Å²) in [4.78, 5) is 5.23. The Hall–Kier alpha value is -1.30. The fourth-order valence-electron chi connectivity index (χ4n) is 1.36. The standard InChI is InChI=1S/C10H14F3N3/c1-16(7-3-5-14)9-8(10(11,12)13)4-2-6-15-9/h2,4,6H,3,5,7,14H2,1H3. The van der Waals surface area contributed by atoms with Crippen LogP contribution in [-0.4, -0.2) is 25.1 Å². The Morgan fingerprint density at radius 2 is 2.12 bits per heavy atom. The highest BCUT2D eigenvalue weighted by atomic mass is 19.4. The fourth-order valence-corrected chi connectivity index (χ4v) is 1.36. The number of anilines is 1. The van der Waals surface area contributed by atoms with E-state index in [1.54, 1.807) is 7.05 Å². The Balaban J connectivity index is 2.94. The largest absolute Gasteiger partial charge is 0.419 e. The Bertz CT molecular complexity index is 338. The Kier molecular flexibility index (Phi) is 4.12. The molecule has 0 saturated carbocycles.